The molecule has 18 heavy (non-hydrogen) atoms. The van der Waals surface area contributed by atoms with Crippen LogP contribution in [0.5, 0.6) is 0 Å². The summed E-state index contributed by atoms with van der Waals surface area (Å²) in [4.78, 5) is 4.48. The minimum atomic E-state index is 0.982. The lowest BCUT2D eigenvalue weighted by atomic mass is 10.1. The molecular formula is C16H18N2. The van der Waals surface area contributed by atoms with Crippen molar-refractivity contribution >= 4 is 5.57 Å². The number of hydrogen-bond acceptors (Lipinski definition) is 1. The van der Waals surface area contributed by atoms with Gasteiger partial charge in [0.2, 0.25) is 0 Å². The standard InChI is InChI=1S/C16H18N2/c1-3-5-9-14(4-2)16-12-18(13-17-16)15-10-7-6-8-11-15/h3,5-13H,4H2,1-2H3/b5-3-,14-9+. The molecule has 1 aromatic carbocycles. The molecule has 0 bridgehead atoms. The van der Waals surface area contributed by atoms with E-state index in [0.717, 1.165) is 17.8 Å². The van der Waals surface area contributed by atoms with E-state index in [1.165, 1.54) is 5.57 Å². The quantitative estimate of drug-likeness (QED) is 0.728. The second kappa shape index (κ2) is 6.01. The second-order valence-corrected chi connectivity index (χ2v) is 4.07. The first kappa shape index (κ1) is 12.4. The Morgan fingerprint density at radius 1 is 1.28 bits per heavy atom. The highest BCUT2D eigenvalue weighted by molar-refractivity contribution is 5.63. The van der Waals surface area contributed by atoms with E-state index in [9.17, 15) is 0 Å². The summed E-state index contributed by atoms with van der Waals surface area (Å²) in [6.07, 6.45) is 11.1. The minimum Gasteiger partial charge on any atom is -0.306 e. The van der Waals surface area contributed by atoms with Gasteiger partial charge in [-0.3, -0.25) is 0 Å². The van der Waals surface area contributed by atoms with Crippen molar-refractivity contribution in [2.24, 2.45) is 0 Å². The molecule has 2 heteroatoms. The molecule has 0 atom stereocenters. The van der Waals surface area contributed by atoms with Crippen molar-refractivity contribution in [2.45, 2.75) is 20.3 Å². The minimum absolute atomic E-state index is 0.982. The van der Waals surface area contributed by atoms with Gasteiger partial charge < -0.3 is 4.57 Å². The summed E-state index contributed by atoms with van der Waals surface area (Å²) in [5.74, 6) is 0. The molecule has 1 heterocycles. The predicted octanol–water partition coefficient (Wildman–Crippen LogP) is 4.24. The summed E-state index contributed by atoms with van der Waals surface area (Å²) in [5, 5.41) is 0. The van der Waals surface area contributed by atoms with Gasteiger partial charge in [-0.05, 0) is 31.1 Å². The van der Waals surface area contributed by atoms with Gasteiger partial charge in [-0.15, -0.1) is 0 Å². The van der Waals surface area contributed by atoms with Crippen LogP contribution in [-0.4, -0.2) is 9.55 Å². The summed E-state index contributed by atoms with van der Waals surface area (Å²) in [7, 11) is 0. The van der Waals surface area contributed by atoms with Gasteiger partial charge in [-0.1, -0.05) is 43.4 Å². The molecule has 0 radical (unpaired) electrons. The largest absolute Gasteiger partial charge is 0.306 e. The van der Waals surface area contributed by atoms with E-state index in [2.05, 4.69) is 47.0 Å². The van der Waals surface area contributed by atoms with Crippen LogP contribution < -0.4 is 0 Å². The molecule has 0 fully saturated rings. The molecule has 0 amide bonds. The number of allylic oxidation sites excluding steroid dienone is 4. The fourth-order valence-electron chi connectivity index (χ4n) is 1.83. The summed E-state index contributed by atoms with van der Waals surface area (Å²) < 4.78 is 2.05. The first-order chi connectivity index (χ1) is 8.85. The zero-order valence-electron chi connectivity index (χ0n) is 10.9. The first-order valence-corrected chi connectivity index (χ1v) is 6.26. The number of hydrogen-bond donors (Lipinski definition) is 0. The Morgan fingerprint density at radius 3 is 2.72 bits per heavy atom. The van der Waals surface area contributed by atoms with E-state index < -0.39 is 0 Å². The molecule has 0 unspecified atom stereocenters. The molecule has 0 N–H and O–H groups in total. The molecular weight excluding hydrogens is 220 g/mol. The number of aromatic nitrogens is 2. The lowest BCUT2D eigenvalue weighted by Gasteiger charge is -2.00. The smallest absolute Gasteiger partial charge is 0.0999 e. The summed E-state index contributed by atoms with van der Waals surface area (Å²) in [6.45, 7) is 4.17. The first-order valence-electron chi connectivity index (χ1n) is 6.26. The average Bonchev–Trinajstić information content (AvgIpc) is 2.90. The van der Waals surface area contributed by atoms with Crippen molar-refractivity contribution in [3.8, 4) is 5.69 Å². The topological polar surface area (TPSA) is 17.8 Å². The van der Waals surface area contributed by atoms with Crippen LogP contribution in [0.25, 0.3) is 11.3 Å². The number of benzene rings is 1. The highest BCUT2D eigenvalue weighted by atomic mass is 15.0. The van der Waals surface area contributed by atoms with E-state index in [-0.39, 0.29) is 0 Å². The van der Waals surface area contributed by atoms with E-state index >= 15 is 0 Å². The van der Waals surface area contributed by atoms with E-state index in [4.69, 9.17) is 0 Å². The number of imidazole rings is 1. The lowest BCUT2D eigenvalue weighted by Crippen LogP contribution is -1.88. The van der Waals surface area contributed by atoms with Crippen LogP contribution in [0.4, 0.5) is 0 Å². The van der Waals surface area contributed by atoms with Gasteiger partial charge in [0.1, 0.15) is 0 Å². The molecule has 0 saturated carbocycles. The van der Waals surface area contributed by atoms with Crippen LogP contribution in [0, 0.1) is 0 Å². The van der Waals surface area contributed by atoms with Gasteiger partial charge in [0, 0.05) is 11.9 Å². The van der Waals surface area contributed by atoms with Gasteiger partial charge in [0.25, 0.3) is 0 Å². The average molecular weight is 238 g/mol. The van der Waals surface area contributed by atoms with Crippen LogP contribution in [0.2, 0.25) is 0 Å². The number of nitrogens with zero attached hydrogens (tertiary/aromatic N) is 2. The Hall–Kier alpha value is -2.09. The summed E-state index contributed by atoms with van der Waals surface area (Å²) in [6, 6.07) is 10.2. The fourth-order valence-corrected chi connectivity index (χ4v) is 1.83. The summed E-state index contributed by atoms with van der Waals surface area (Å²) in [5.41, 5.74) is 3.43. The monoisotopic (exact) mass is 238 g/mol. The Kier molecular flexibility index (Phi) is 4.13. The highest BCUT2D eigenvalue weighted by Gasteiger charge is 2.03. The van der Waals surface area contributed by atoms with Crippen LogP contribution >= 0.6 is 0 Å². The normalized spacial score (nSPS) is 12.2. The predicted molar refractivity (Wildman–Crippen MR) is 76.6 cm³/mol. The molecule has 0 saturated heterocycles. The van der Waals surface area contributed by atoms with Crippen molar-refractivity contribution in [1.82, 2.24) is 9.55 Å². The maximum atomic E-state index is 4.48. The zero-order valence-corrected chi connectivity index (χ0v) is 10.9. The SMILES string of the molecule is C/C=C\C=C(/CC)c1cn(-c2ccccc2)cn1. The van der Waals surface area contributed by atoms with Gasteiger partial charge in [0.15, 0.2) is 0 Å². The Morgan fingerprint density at radius 2 is 2.06 bits per heavy atom. The van der Waals surface area contributed by atoms with Crippen LogP contribution in [0.1, 0.15) is 26.0 Å². The van der Waals surface area contributed by atoms with Crippen molar-refractivity contribution in [2.75, 3.05) is 0 Å². The van der Waals surface area contributed by atoms with Gasteiger partial charge in [-0.25, -0.2) is 4.98 Å². The third-order valence-electron chi connectivity index (χ3n) is 2.84. The van der Waals surface area contributed by atoms with Crippen LogP contribution in [0.15, 0.2) is 61.1 Å². The van der Waals surface area contributed by atoms with Crippen molar-refractivity contribution < 1.29 is 0 Å². The van der Waals surface area contributed by atoms with E-state index in [1.807, 2.05) is 37.5 Å². The third-order valence-corrected chi connectivity index (χ3v) is 2.84. The van der Waals surface area contributed by atoms with Crippen LogP contribution in [0.3, 0.4) is 0 Å². The highest BCUT2D eigenvalue weighted by Crippen LogP contribution is 2.17. The molecule has 2 rings (SSSR count). The molecule has 0 aliphatic heterocycles. The Bertz CT molecular complexity index is 547. The van der Waals surface area contributed by atoms with Crippen molar-refractivity contribution in [1.29, 1.82) is 0 Å². The van der Waals surface area contributed by atoms with Gasteiger partial charge in [-0.2, -0.15) is 0 Å². The molecule has 0 aliphatic rings. The maximum Gasteiger partial charge on any atom is 0.0999 e. The Balaban J connectivity index is 2.30. The van der Waals surface area contributed by atoms with Crippen molar-refractivity contribution in [3.05, 3.63) is 66.8 Å². The fraction of sp³-hybridized carbons (Fsp3) is 0.188. The molecule has 0 aliphatic carbocycles. The maximum absolute atomic E-state index is 4.48. The molecule has 2 nitrogen and oxygen atoms in total. The van der Waals surface area contributed by atoms with E-state index in [0.29, 0.717) is 0 Å². The summed E-state index contributed by atoms with van der Waals surface area (Å²) >= 11 is 0. The molecule has 2 aromatic rings. The number of rotatable bonds is 4. The third kappa shape index (κ3) is 2.77. The zero-order chi connectivity index (χ0) is 12.8. The van der Waals surface area contributed by atoms with Crippen molar-refractivity contribution in [3.63, 3.8) is 0 Å². The van der Waals surface area contributed by atoms with Gasteiger partial charge >= 0.3 is 0 Å². The Labute approximate surface area is 108 Å². The van der Waals surface area contributed by atoms with E-state index in [1.54, 1.807) is 0 Å². The second-order valence-electron chi connectivity index (χ2n) is 4.07. The number of para-hydroxylation sites is 1. The molecule has 1 aromatic heterocycles. The van der Waals surface area contributed by atoms with Crippen LogP contribution in [-0.2, 0) is 0 Å². The van der Waals surface area contributed by atoms with Gasteiger partial charge in [0.05, 0.1) is 12.0 Å². The molecule has 0 spiro atoms. The lowest BCUT2D eigenvalue weighted by molar-refractivity contribution is 1.06. The molecule has 92 valence electrons.